The van der Waals surface area contributed by atoms with E-state index in [1.54, 1.807) is 39.8 Å². The summed E-state index contributed by atoms with van der Waals surface area (Å²) in [5.41, 5.74) is 0.188. The minimum atomic E-state index is -1.18. The van der Waals surface area contributed by atoms with Crippen LogP contribution >= 0.6 is 0 Å². The van der Waals surface area contributed by atoms with Crippen molar-refractivity contribution in [3.8, 4) is 11.5 Å². The quantitative estimate of drug-likeness (QED) is 0.798. The number of imide groups is 1. The van der Waals surface area contributed by atoms with Crippen molar-refractivity contribution in [3.05, 3.63) is 41.8 Å². The molecule has 0 unspecified atom stereocenters. The first kappa shape index (κ1) is 20.2. The fraction of sp³-hybridized carbons (Fsp3) is 0.368. The molecule has 2 N–H and O–H groups in total. The summed E-state index contributed by atoms with van der Waals surface area (Å²) in [6, 6.07) is 8.42. The van der Waals surface area contributed by atoms with Crippen molar-refractivity contribution in [2.24, 2.45) is 0 Å². The molecular formula is C19H23N3O5. The monoisotopic (exact) mass is 373 g/mol. The normalized spacial score (nSPS) is 12.2. The summed E-state index contributed by atoms with van der Waals surface area (Å²) in [5, 5.41) is 4.71. The van der Waals surface area contributed by atoms with Crippen LogP contribution < -0.4 is 10.6 Å². The highest BCUT2D eigenvalue weighted by Gasteiger charge is 2.26. The number of esters is 1. The summed E-state index contributed by atoms with van der Waals surface area (Å²) >= 11 is 0. The maximum Gasteiger partial charge on any atom is 0.361 e. The number of urea groups is 1. The van der Waals surface area contributed by atoms with Crippen molar-refractivity contribution in [1.29, 1.82) is 0 Å². The van der Waals surface area contributed by atoms with Crippen LogP contribution in [0, 0.1) is 6.92 Å². The van der Waals surface area contributed by atoms with Crippen molar-refractivity contribution in [2.45, 2.75) is 46.3 Å². The van der Waals surface area contributed by atoms with Crippen LogP contribution in [0.4, 0.5) is 4.79 Å². The Labute approximate surface area is 157 Å². The highest BCUT2D eigenvalue weighted by Crippen LogP contribution is 2.22. The van der Waals surface area contributed by atoms with E-state index >= 15 is 0 Å². The third-order valence-electron chi connectivity index (χ3n) is 3.39. The number of amides is 3. The number of hydrogen-bond acceptors (Lipinski definition) is 6. The van der Waals surface area contributed by atoms with E-state index in [1.165, 1.54) is 6.92 Å². The molecule has 8 nitrogen and oxygen atoms in total. The SMILES string of the molecule is Cc1oc(-c2ccccc2)nc1C(=O)O[C@H](C)C(=O)NC(=O)NC(C)(C)C. The van der Waals surface area contributed by atoms with Gasteiger partial charge in [0, 0.05) is 11.1 Å². The van der Waals surface area contributed by atoms with E-state index in [9.17, 15) is 14.4 Å². The zero-order valence-corrected chi connectivity index (χ0v) is 16.0. The summed E-state index contributed by atoms with van der Waals surface area (Å²) in [6.45, 7) is 8.28. The van der Waals surface area contributed by atoms with Crippen LogP contribution in [-0.4, -0.2) is 34.5 Å². The van der Waals surface area contributed by atoms with Gasteiger partial charge in [-0.15, -0.1) is 0 Å². The molecule has 2 rings (SSSR count). The first-order valence-electron chi connectivity index (χ1n) is 8.43. The number of carbonyl (C=O) groups is 3. The Balaban J connectivity index is 2.01. The van der Waals surface area contributed by atoms with Crippen molar-refractivity contribution in [3.63, 3.8) is 0 Å². The maximum atomic E-state index is 12.3. The second-order valence-electron chi connectivity index (χ2n) is 7.03. The lowest BCUT2D eigenvalue weighted by molar-refractivity contribution is -0.127. The first-order chi connectivity index (χ1) is 12.6. The van der Waals surface area contributed by atoms with Gasteiger partial charge < -0.3 is 14.5 Å². The minimum absolute atomic E-state index is 0.0207. The van der Waals surface area contributed by atoms with Crippen molar-refractivity contribution < 1.29 is 23.5 Å². The third-order valence-corrected chi connectivity index (χ3v) is 3.39. The van der Waals surface area contributed by atoms with Crippen molar-refractivity contribution in [1.82, 2.24) is 15.6 Å². The number of aryl methyl sites for hydroxylation is 1. The highest BCUT2D eigenvalue weighted by atomic mass is 16.5. The van der Waals surface area contributed by atoms with Gasteiger partial charge in [0.25, 0.3) is 5.91 Å². The number of hydrogen-bond donors (Lipinski definition) is 2. The fourth-order valence-corrected chi connectivity index (χ4v) is 2.15. The van der Waals surface area contributed by atoms with Gasteiger partial charge in [-0.1, -0.05) is 18.2 Å². The Morgan fingerprint density at radius 2 is 1.78 bits per heavy atom. The number of nitrogens with zero attached hydrogens (tertiary/aromatic N) is 1. The average molecular weight is 373 g/mol. The molecule has 1 atom stereocenters. The molecule has 0 aliphatic carbocycles. The number of ether oxygens (including phenoxy) is 1. The summed E-state index contributed by atoms with van der Waals surface area (Å²) < 4.78 is 10.6. The van der Waals surface area contributed by atoms with Crippen molar-refractivity contribution >= 4 is 17.9 Å². The van der Waals surface area contributed by atoms with Gasteiger partial charge >= 0.3 is 12.0 Å². The Kier molecular flexibility index (Phi) is 5.99. The van der Waals surface area contributed by atoms with Gasteiger partial charge in [0.15, 0.2) is 11.8 Å². The second kappa shape index (κ2) is 8.03. The number of nitrogens with one attached hydrogen (secondary N) is 2. The third kappa shape index (κ3) is 5.67. The molecule has 0 bridgehead atoms. The van der Waals surface area contributed by atoms with Crippen LogP contribution in [0.5, 0.6) is 0 Å². The van der Waals surface area contributed by atoms with E-state index in [-0.39, 0.29) is 17.3 Å². The van der Waals surface area contributed by atoms with Crippen LogP contribution in [-0.2, 0) is 9.53 Å². The van der Waals surface area contributed by atoms with Crippen molar-refractivity contribution in [2.75, 3.05) is 0 Å². The Morgan fingerprint density at radius 1 is 1.15 bits per heavy atom. The number of oxazole rings is 1. The average Bonchev–Trinajstić information content (AvgIpc) is 2.95. The molecule has 1 aromatic carbocycles. The van der Waals surface area contributed by atoms with Gasteiger partial charge in [-0.25, -0.2) is 14.6 Å². The predicted octanol–water partition coefficient (Wildman–Crippen LogP) is 2.82. The van der Waals surface area contributed by atoms with Crippen LogP contribution in [0.15, 0.2) is 34.7 Å². The standard InChI is InChI=1S/C19H23N3O5/c1-11-14(20-16(26-11)13-9-7-6-8-10-13)17(24)27-12(2)15(23)21-18(25)22-19(3,4)5/h6-10,12H,1-5H3,(H2,21,22,23,25)/t12-/m1/s1. The van der Waals surface area contributed by atoms with Gasteiger partial charge in [-0.3, -0.25) is 10.1 Å². The summed E-state index contributed by atoms with van der Waals surface area (Å²) in [7, 11) is 0. The Bertz CT molecular complexity index is 837. The van der Waals surface area contributed by atoms with Crippen LogP contribution in [0.25, 0.3) is 11.5 Å². The first-order valence-corrected chi connectivity index (χ1v) is 8.43. The van der Waals surface area contributed by atoms with E-state index in [0.717, 1.165) is 0 Å². The second-order valence-corrected chi connectivity index (χ2v) is 7.03. The van der Waals surface area contributed by atoms with Gasteiger partial charge in [0.1, 0.15) is 5.76 Å². The fourth-order valence-electron chi connectivity index (χ4n) is 2.15. The molecule has 1 heterocycles. The van der Waals surface area contributed by atoms with Gasteiger partial charge in [0.2, 0.25) is 5.89 Å². The lowest BCUT2D eigenvalue weighted by Gasteiger charge is -2.21. The zero-order chi connectivity index (χ0) is 20.2. The molecule has 144 valence electrons. The lowest BCUT2D eigenvalue weighted by Crippen LogP contribution is -2.50. The van der Waals surface area contributed by atoms with Gasteiger partial charge in [-0.05, 0) is 46.8 Å². The van der Waals surface area contributed by atoms with E-state index in [0.29, 0.717) is 5.56 Å². The maximum absolute atomic E-state index is 12.3. The molecule has 8 heteroatoms. The lowest BCUT2D eigenvalue weighted by atomic mass is 10.1. The molecular weight excluding hydrogens is 350 g/mol. The molecule has 0 spiro atoms. The molecule has 0 aliphatic rings. The minimum Gasteiger partial charge on any atom is -0.448 e. The highest BCUT2D eigenvalue weighted by molar-refractivity contribution is 5.98. The molecule has 2 aromatic rings. The molecule has 3 amide bonds. The smallest absolute Gasteiger partial charge is 0.361 e. The predicted molar refractivity (Wildman–Crippen MR) is 98.0 cm³/mol. The molecule has 0 radical (unpaired) electrons. The Morgan fingerprint density at radius 3 is 2.37 bits per heavy atom. The summed E-state index contributed by atoms with van der Waals surface area (Å²) in [4.78, 5) is 40.2. The van der Waals surface area contributed by atoms with Gasteiger partial charge in [0.05, 0.1) is 0 Å². The molecule has 0 fully saturated rings. The number of rotatable bonds is 4. The number of carbonyl (C=O) groups excluding carboxylic acids is 3. The van der Waals surface area contributed by atoms with E-state index in [2.05, 4.69) is 15.6 Å². The molecule has 0 saturated carbocycles. The number of benzene rings is 1. The van der Waals surface area contributed by atoms with Crippen LogP contribution in [0.1, 0.15) is 43.9 Å². The summed E-state index contributed by atoms with van der Waals surface area (Å²) in [5.74, 6) is -0.995. The van der Waals surface area contributed by atoms with E-state index < -0.39 is 29.6 Å². The Hall–Kier alpha value is -3.16. The zero-order valence-electron chi connectivity index (χ0n) is 16.0. The molecule has 0 aliphatic heterocycles. The molecule has 0 saturated heterocycles. The van der Waals surface area contributed by atoms with E-state index in [1.807, 2.05) is 18.2 Å². The summed E-state index contributed by atoms with van der Waals surface area (Å²) in [6.07, 6.45) is -1.18. The van der Waals surface area contributed by atoms with Crippen LogP contribution in [0.3, 0.4) is 0 Å². The van der Waals surface area contributed by atoms with E-state index in [4.69, 9.17) is 9.15 Å². The topological polar surface area (TPSA) is 111 Å². The van der Waals surface area contributed by atoms with Crippen LogP contribution in [0.2, 0.25) is 0 Å². The largest absolute Gasteiger partial charge is 0.448 e. The van der Waals surface area contributed by atoms with Gasteiger partial charge in [-0.2, -0.15) is 0 Å². The number of aromatic nitrogens is 1. The molecule has 27 heavy (non-hydrogen) atoms. The molecule has 1 aromatic heterocycles.